The van der Waals surface area contributed by atoms with Crippen LogP contribution in [0.4, 0.5) is 0 Å². The molecule has 0 spiro atoms. The van der Waals surface area contributed by atoms with E-state index in [4.69, 9.17) is 4.42 Å². The van der Waals surface area contributed by atoms with Crippen LogP contribution < -0.4 is 10.0 Å². The van der Waals surface area contributed by atoms with E-state index < -0.39 is 10.0 Å². The summed E-state index contributed by atoms with van der Waals surface area (Å²) in [5.74, 6) is 0.643. The number of hydrogen-bond acceptors (Lipinski definition) is 4. The van der Waals surface area contributed by atoms with Gasteiger partial charge in [-0.25, -0.2) is 13.1 Å². The zero-order chi connectivity index (χ0) is 14.8. The van der Waals surface area contributed by atoms with Crippen LogP contribution in [-0.2, 0) is 16.6 Å². The van der Waals surface area contributed by atoms with Crippen LogP contribution in [0.5, 0.6) is 0 Å². The first-order valence-corrected chi connectivity index (χ1v) is 8.81. The predicted molar refractivity (Wildman–Crippen MR) is 80.0 cm³/mol. The Labute approximate surface area is 122 Å². The van der Waals surface area contributed by atoms with Crippen molar-refractivity contribution >= 4 is 10.0 Å². The van der Waals surface area contributed by atoms with Crippen molar-refractivity contribution < 1.29 is 12.8 Å². The van der Waals surface area contributed by atoms with Crippen LogP contribution in [-0.4, -0.2) is 22.0 Å². The summed E-state index contributed by atoms with van der Waals surface area (Å²) in [7, 11) is -2.10. The Morgan fingerprint density at radius 1 is 1.10 bits per heavy atom. The van der Waals surface area contributed by atoms with Gasteiger partial charge in [0.25, 0.3) is 10.0 Å². The highest BCUT2D eigenvalue weighted by Gasteiger charge is 2.15. The van der Waals surface area contributed by atoms with Crippen molar-refractivity contribution in [2.24, 2.45) is 0 Å². The van der Waals surface area contributed by atoms with Gasteiger partial charge in [-0.3, -0.25) is 0 Å². The minimum absolute atomic E-state index is 0.0311. The van der Waals surface area contributed by atoms with Crippen molar-refractivity contribution in [3.63, 3.8) is 0 Å². The van der Waals surface area contributed by atoms with Crippen LogP contribution in [0.1, 0.15) is 51.2 Å². The second kappa shape index (κ2) is 9.15. The van der Waals surface area contributed by atoms with E-state index in [-0.39, 0.29) is 5.09 Å². The van der Waals surface area contributed by atoms with E-state index in [1.165, 1.54) is 45.2 Å². The van der Waals surface area contributed by atoms with Crippen LogP contribution >= 0.6 is 0 Å². The zero-order valence-corrected chi connectivity index (χ0v) is 13.3. The Morgan fingerprint density at radius 2 is 1.80 bits per heavy atom. The lowest BCUT2D eigenvalue weighted by Gasteiger charge is -2.03. The number of sulfonamides is 1. The number of furan rings is 1. The fourth-order valence-corrected chi connectivity index (χ4v) is 2.61. The number of hydrogen-bond donors (Lipinski definition) is 2. The van der Waals surface area contributed by atoms with Gasteiger partial charge in [-0.05, 0) is 32.1 Å². The average Bonchev–Trinajstić information content (AvgIpc) is 2.91. The molecule has 0 amide bonds. The maximum absolute atomic E-state index is 11.5. The van der Waals surface area contributed by atoms with Gasteiger partial charge in [0.05, 0.1) is 6.54 Å². The van der Waals surface area contributed by atoms with Gasteiger partial charge in [-0.1, -0.05) is 39.0 Å². The molecule has 1 rings (SSSR count). The Balaban J connectivity index is 2.17. The molecule has 5 nitrogen and oxygen atoms in total. The molecule has 2 N–H and O–H groups in total. The van der Waals surface area contributed by atoms with Crippen LogP contribution in [0.25, 0.3) is 0 Å². The fourth-order valence-electron chi connectivity index (χ4n) is 1.94. The highest BCUT2D eigenvalue weighted by Crippen LogP contribution is 2.13. The van der Waals surface area contributed by atoms with Crippen molar-refractivity contribution in [2.45, 2.75) is 57.1 Å². The topological polar surface area (TPSA) is 71.3 Å². The molecule has 116 valence electrons. The Kier molecular flexibility index (Phi) is 7.87. The molecule has 0 aliphatic heterocycles. The van der Waals surface area contributed by atoms with Gasteiger partial charge in [-0.2, -0.15) is 0 Å². The van der Waals surface area contributed by atoms with E-state index >= 15 is 0 Å². The molecule has 0 fully saturated rings. The zero-order valence-electron chi connectivity index (χ0n) is 12.4. The van der Waals surface area contributed by atoms with Gasteiger partial charge < -0.3 is 9.73 Å². The molecule has 1 aromatic heterocycles. The average molecular weight is 302 g/mol. The second-order valence-corrected chi connectivity index (χ2v) is 6.69. The third-order valence-electron chi connectivity index (χ3n) is 3.18. The molecule has 0 unspecified atom stereocenters. The summed E-state index contributed by atoms with van der Waals surface area (Å²) in [6, 6.07) is 3.17. The van der Waals surface area contributed by atoms with E-state index in [1.54, 1.807) is 6.07 Å². The number of rotatable bonds is 11. The Hall–Kier alpha value is -0.850. The summed E-state index contributed by atoms with van der Waals surface area (Å²) >= 11 is 0. The number of unbranched alkanes of at least 4 members (excludes halogenated alkanes) is 5. The van der Waals surface area contributed by atoms with E-state index in [0.717, 1.165) is 13.0 Å². The van der Waals surface area contributed by atoms with Crippen molar-refractivity contribution in [3.05, 3.63) is 17.9 Å². The maximum atomic E-state index is 11.5. The third kappa shape index (κ3) is 6.07. The van der Waals surface area contributed by atoms with Crippen LogP contribution in [0.15, 0.2) is 21.6 Å². The number of nitrogens with one attached hydrogen (secondary N) is 2. The first kappa shape index (κ1) is 17.2. The standard InChI is InChI=1S/C14H26N2O3S/c1-3-4-5-6-7-8-11-16-12-13-9-10-14(19-13)20(17,18)15-2/h9-10,15-16H,3-8,11-12H2,1-2H3. The highest BCUT2D eigenvalue weighted by atomic mass is 32.2. The lowest BCUT2D eigenvalue weighted by Crippen LogP contribution is -2.18. The smallest absolute Gasteiger partial charge is 0.273 e. The molecule has 0 aliphatic rings. The monoisotopic (exact) mass is 302 g/mol. The van der Waals surface area contributed by atoms with Crippen LogP contribution in [0.2, 0.25) is 0 Å². The molecule has 20 heavy (non-hydrogen) atoms. The van der Waals surface area contributed by atoms with Gasteiger partial charge >= 0.3 is 0 Å². The van der Waals surface area contributed by atoms with E-state index in [1.807, 2.05) is 0 Å². The lowest BCUT2D eigenvalue weighted by atomic mass is 10.1. The summed E-state index contributed by atoms with van der Waals surface area (Å²) in [4.78, 5) is 0. The SMILES string of the molecule is CCCCCCCCNCc1ccc(S(=O)(=O)NC)o1. The molecule has 0 aliphatic carbocycles. The van der Waals surface area contributed by atoms with Crippen LogP contribution in [0.3, 0.4) is 0 Å². The van der Waals surface area contributed by atoms with Crippen molar-refractivity contribution in [1.82, 2.24) is 10.0 Å². The van der Waals surface area contributed by atoms with E-state index in [0.29, 0.717) is 12.3 Å². The maximum Gasteiger partial charge on any atom is 0.273 e. The lowest BCUT2D eigenvalue weighted by molar-refractivity contribution is 0.399. The largest absolute Gasteiger partial charge is 0.447 e. The molecule has 6 heteroatoms. The predicted octanol–water partition coefficient (Wildman–Crippen LogP) is 2.64. The molecular formula is C14H26N2O3S. The van der Waals surface area contributed by atoms with Gasteiger partial charge in [-0.15, -0.1) is 0 Å². The molecule has 0 aromatic carbocycles. The molecule has 0 saturated heterocycles. The minimum Gasteiger partial charge on any atom is -0.447 e. The van der Waals surface area contributed by atoms with E-state index in [9.17, 15) is 8.42 Å². The van der Waals surface area contributed by atoms with Gasteiger partial charge in [0.1, 0.15) is 5.76 Å². The van der Waals surface area contributed by atoms with Crippen molar-refractivity contribution in [1.29, 1.82) is 0 Å². The summed E-state index contributed by atoms with van der Waals surface area (Å²) < 4.78 is 30.5. The Morgan fingerprint density at radius 3 is 2.50 bits per heavy atom. The van der Waals surface area contributed by atoms with Gasteiger partial charge in [0.2, 0.25) is 5.09 Å². The highest BCUT2D eigenvalue weighted by molar-refractivity contribution is 7.89. The summed E-state index contributed by atoms with van der Waals surface area (Å²) in [6.45, 7) is 3.71. The second-order valence-electron chi connectivity index (χ2n) is 4.87. The summed E-state index contributed by atoms with van der Waals surface area (Å²) in [5.41, 5.74) is 0. The molecule has 1 aromatic rings. The molecule has 1 heterocycles. The molecule has 0 bridgehead atoms. The first-order valence-electron chi connectivity index (χ1n) is 7.33. The molecule has 0 radical (unpaired) electrons. The van der Waals surface area contributed by atoms with Crippen molar-refractivity contribution in [3.8, 4) is 0 Å². The third-order valence-corrected chi connectivity index (χ3v) is 4.46. The van der Waals surface area contributed by atoms with E-state index in [2.05, 4.69) is 17.0 Å². The Bertz CT molecular complexity index is 469. The summed E-state index contributed by atoms with van der Waals surface area (Å²) in [5, 5.41) is 3.24. The van der Waals surface area contributed by atoms with Gasteiger partial charge in [0.15, 0.2) is 0 Å². The first-order chi connectivity index (χ1) is 9.60. The molecular weight excluding hydrogens is 276 g/mol. The summed E-state index contributed by atoms with van der Waals surface area (Å²) in [6.07, 6.45) is 7.59. The van der Waals surface area contributed by atoms with Crippen molar-refractivity contribution in [2.75, 3.05) is 13.6 Å². The molecule has 0 saturated carbocycles. The van der Waals surface area contributed by atoms with Gasteiger partial charge in [0, 0.05) is 0 Å². The molecule has 0 atom stereocenters. The minimum atomic E-state index is -3.47. The fraction of sp³-hybridized carbons (Fsp3) is 0.714. The van der Waals surface area contributed by atoms with Crippen LogP contribution in [0, 0.1) is 0 Å². The quantitative estimate of drug-likeness (QED) is 0.616. The normalized spacial score (nSPS) is 11.9.